The molecule has 2 bridgehead atoms. The number of fused-ring (bicyclic) bond motifs is 5. The third-order valence-electron chi connectivity index (χ3n) is 9.44. The van der Waals surface area contributed by atoms with E-state index in [2.05, 4.69) is 5.32 Å². The summed E-state index contributed by atoms with van der Waals surface area (Å²) < 4.78 is 17.7. The average Bonchev–Trinajstić information content (AvgIpc) is 3.54. The molecule has 5 rings (SSSR count). The largest absolute Gasteiger partial charge is 0.497 e. The zero-order valence-electron chi connectivity index (χ0n) is 27.4. The van der Waals surface area contributed by atoms with E-state index >= 15 is 0 Å². The lowest BCUT2D eigenvalue weighted by Gasteiger charge is -2.35. The molecule has 4 heterocycles. The highest BCUT2D eigenvalue weighted by Crippen LogP contribution is 2.34. The van der Waals surface area contributed by atoms with E-state index in [-0.39, 0.29) is 18.5 Å². The molecule has 0 aliphatic carbocycles. The normalized spacial score (nSPS) is 27.9. The predicted molar refractivity (Wildman–Crippen MR) is 167 cm³/mol. The molecular weight excluding hydrogens is 594 g/mol. The van der Waals surface area contributed by atoms with E-state index in [1.807, 2.05) is 12.1 Å². The van der Waals surface area contributed by atoms with Crippen molar-refractivity contribution >= 4 is 34.9 Å². The van der Waals surface area contributed by atoms with Gasteiger partial charge in [0, 0.05) is 31.9 Å². The molecule has 2 N–H and O–H groups in total. The Hall–Kier alpha value is -4.16. The van der Waals surface area contributed by atoms with E-state index in [1.54, 1.807) is 45.8 Å². The smallest absolute Gasteiger partial charge is 0.408 e. The van der Waals surface area contributed by atoms with Gasteiger partial charge in [-0.25, -0.2) is 19.6 Å². The Labute approximate surface area is 269 Å². The second-order valence-corrected chi connectivity index (χ2v) is 13.7. The minimum Gasteiger partial charge on any atom is -0.497 e. The Morgan fingerprint density at radius 1 is 1.04 bits per heavy atom. The summed E-state index contributed by atoms with van der Waals surface area (Å²) in [5.41, 5.74) is 1.12. The number of nitrogens with zero attached hydrogens (tertiary/aromatic N) is 4. The average molecular weight is 640 g/mol. The maximum absolute atomic E-state index is 14.2. The Bertz CT molecular complexity index is 1490. The van der Waals surface area contributed by atoms with Gasteiger partial charge in [-0.3, -0.25) is 9.59 Å². The highest BCUT2D eigenvalue weighted by molar-refractivity contribution is 5.90. The summed E-state index contributed by atoms with van der Waals surface area (Å²) in [6.07, 6.45) is 2.12. The van der Waals surface area contributed by atoms with Crippen LogP contribution < -0.4 is 14.8 Å². The number of rotatable bonds is 2. The van der Waals surface area contributed by atoms with Crippen LogP contribution in [0.5, 0.6) is 11.6 Å². The molecule has 0 unspecified atom stereocenters. The summed E-state index contributed by atoms with van der Waals surface area (Å²) in [5.74, 6) is -1.47. The molecule has 1 aromatic heterocycles. The van der Waals surface area contributed by atoms with Crippen molar-refractivity contribution in [3.8, 4) is 11.6 Å². The van der Waals surface area contributed by atoms with E-state index < -0.39 is 53.6 Å². The second-order valence-electron chi connectivity index (χ2n) is 13.7. The molecule has 13 heteroatoms. The topological polar surface area (TPSA) is 160 Å². The molecule has 6 atom stereocenters. The minimum atomic E-state index is -1.19. The van der Waals surface area contributed by atoms with Gasteiger partial charge >= 0.3 is 12.1 Å². The Morgan fingerprint density at radius 3 is 2.48 bits per heavy atom. The number of amides is 3. The van der Waals surface area contributed by atoms with Gasteiger partial charge in [-0.05, 0) is 36.8 Å². The van der Waals surface area contributed by atoms with Gasteiger partial charge in [0.15, 0.2) is 0 Å². The Kier molecular flexibility index (Phi) is 9.59. The number of carboxylic acid groups (broad SMARTS) is 1. The number of carbonyl (C=O) groups excluding carboxylic acids is 3. The number of hydrogen-bond donors (Lipinski definition) is 2. The first-order valence-corrected chi connectivity index (χ1v) is 16.1. The number of ether oxygens (including phenoxy) is 3. The summed E-state index contributed by atoms with van der Waals surface area (Å²) in [6, 6.07) is 2.86. The van der Waals surface area contributed by atoms with Gasteiger partial charge < -0.3 is 34.4 Å². The van der Waals surface area contributed by atoms with Crippen LogP contribution in [0.15, 0.2) is 18.2 Å². The second kappa shape index (κ2) is 13.3. The standard InChI is InChI=1S/C33H45N5O8/c1-18-26-17-38(27(18)31(41)42)30(40)28(33(3,4)5)36-32(43)46-25-14-15-37(19(2)39)24(25)11-9-7-8-10-22-29(45-26)35-23-16-20(44-6)12-13-21(23)34-22/h12-13,16,18,24-28H,7-11,14-15,17H2,1-6H3,(H,36,43)(H,41,42)/t18-,24+,25-,26+,27+,28-/m1/s1. The number of aryl methyl sites for hydroxylation is 1. The highest BCUT2D eigenvalue weighted by atomic mass is 16.6. The van der Waals surface area contributed by atoms with Gasteiger partial charge in [-0.1, -0.05) is 40.5 Å². The maximum Gasteiger partial charge on any atom is 0.408 e. The van der Waals surface area contributed by atoms with Crippen molar-refractivity contribution in [2.45, 2.75) is 103 Å². The Balaban J connectivity index is 1.53. The van der Waals surface area contributed by atoms with Gasteiger partial charge in [-0.15, -0.1) is 0 Å². The van der Waals surface area contributed by atoms with Crippen molar-refractivity contribution in [1.82, 2.24) is 25.1 Å². The Morgan fingerprint density at radius 2 is 1.80 bits per heavy atom. The highest BCUT2D eigenvalue weighted by Gasteiger charge is 2.50. The molecule has 3 aliphatic heterocycles. The van der Waals surface area contributed by atoms with E-state index in [0.717, 1.165) is 19.3 Å². The molecule has 13 nitrogen and oxygen atoms in total. The van der Waals surface area contributed by atoms with E-state index in [1.165, 1.54) is 11.8 Å². The number of nitrogens with one attached hydrogen (secondary N) is 1. The summed E-state index contributed by atoms with van der Waals surface area (Å²) in [5, 5.41) is 13.0. The molecule has 3 amide bonds. The number of carboxylic acids is 1. The third-order valence-corrected chi connectivity index (χ3v) is 9.44. The van der Waals surface area contributed by atoms with Crippen LogP contribution in [0.1, 0.15) is 72.4 Å². The fourth-order valence-electron chi connectivity index (χ4n) is 6.89. The molecule has 3 aliphatic rings. The van der Waals surface area contributed by atoms with E-state index in [9.17, 15) is 24.3 Å². The van der Waals surface area contributed by atoms with Gasteiger partial charge in [0.25, 0.3) is 0 Å². The van der Waals surface area contributed by atoms with E-state index in [0.29, 0.717) is 54.2 Å². The molecule has 46 heavy (non-hydrogen) atoms. The molecule has 2 fully saturated rings. The number of aromatic nitrogens is 2. The lowest BCUT2D eigenvalue weighted by Crippen LogP contribution is -2.57. The zero-order valence-corrected chi connectivity index (χ0v) is 27.4. The first-order valence-electron chi connectivity index (χ1n) is 16.1. The molecule has 2 saturated heterocycles. The molecule has 250 valence electrons. The van der Waals surface area contributed by atoms with E-state index in [4.69, 9.17) is 24.2 Å². The van der Waals surface area contributed by atoms with Crippen molar-refractivity contribution < 1.29 is 38.5 Å². The third kappa shape index (κ3) is 6.82. The van der Waals surface area contributed by atoms with Crippen molar-refractivity contribution in [3.05, 3.63) is 23.9 Å². The quantitative estimate of drug-likeness (QED) is 0.497. The number of benzene rings is 1. The predicted octanol–water partition coefficient (Wildman–Crippen LogP) is 3.56. The molecule has 0 saturated carbocycles. The van der Waals surface area contributed by atoms with Crippen LogP contribution in [-0.4, -0.2) is 99.3 Å². The van der Waals surface area contributed by atoms with Crippen LogP contribution in [-0.2, 0) is 25.5 Å². The number of hydrogen-bond acceptors (Lipinski definition) is 9. The van der Waals surface area contributed by atoms with Crippen LogP contribution in [0.4, 0.5) is 4.79 Å². The molecule has 2 aromatic rings. The number of carbonyl (C=O) groups is 4. The minimum absolute atomic E-state index is 0.0180. The monoisotopic (exact) mass is 639 g/mol. The summed E-state index contributed by atoms with van der Waals surface area (Å²) in [6.45, 7) is 9.11. The molecule has 1 aromatic carbocycles. The van der Waals surface area contributed by atoms with Gasteiger partial charge in [0.2, 0.25) is 17.7 Å². The SMILES string of the molecule is COc1ccc2nc3c(nc2c1)O[C@H]1CN(C(=O)[C@H](C(C)(C)C)NC(=O)O[C@@H]2CCN(C(C)=O)[C@H]2CCCCC3)[C@H](C(=O)O)[C@@H]1C. The van der Waals surface area contributed by atoms with Gasteiger partial charge in [0.05, 0.1) is 30.7 Å². The van der Waals surface area contributed by atoms with Crippen molar-refractivity contribution in [3.63, 3.8) is 0 Å². The van der Waals surface area contributed by atoms with Crippen molar-refractivity contribution in [2.75, 3.05) is 20.2 Å². The fraction of sp³-hybridized carbons (Fsp3) is 0.636. The molecule has 0 radical (unpaired) electrons. The van der Waals surface area contributed by atoms with Crippen LogP contribution in [0.2, 0.25) is 0 Å². The molecular formula is C33H45N5O8. The van der Waals surface area contributed by atoms with Crippen LogP contribution in [0.3, 0.4) is 0 Å². The number of alkyl carbamates (subject to hydrolysis) is 1. The number of methoxy groups -OCH3 is 1. The first kappa shape index (κ1) is 33.2. The van der Waals surface area contributed by atoms with Gasteiger partial charge in [0.1, 0.15) is 35.7 Å². The lowest BCUT2D eigenvalue weighted by atomic mass is 9.85. The number of likely N-dealkylation sites (tertiary alicyclic amines) is 1. The fourth-order valence-corrected chi connectivity index (χ4v) is 6.89. The van der Waals surface area contributed by atoms with Crippen molar-refractivity contribution in [1.29, 1.82) is 0 Å². The lowest BCUT2D eigenvalue weighted by molar-refractivity contribution is -0.151. The first-order chi connectivity index (χ1) is 21.8. The summed E-state index contributed by atoms with van der Waals surface area (Å²) >= 11 is 0. The maximum atomic E-state index is 14.2. The van der Waals surface area contributed by atoms with Crippen LogP contribution in [0.25, 0.3) is 11.0 Å². The zero-order chi connectivity index (χ0) is 33.3. The number of aliphatic carboxylic acids is 1. The van der Waals surface area contributed by atoms with Gasteiger partial charge in [-0.2, -0.15) is 0 Å². The van der Waals surface area contributed by atoms with Crippen LogP contribution >= 0.6 is 0 Å². The van der Waals surface area contributed by atoms with Crippen LogP contribution in [0, 0.1) is 11.3 Å². The molecule has 0 spiro atoms. The van der Waals surface area contributed by atoms with Crippen molar-refractivity contribution in [2.24, 2.45) is 11.3 Å². The summed E-state index contributed by atoms with van der Waals surface area (Å²) in [7, 11) is 1.57. The summed E-state index contributed by atoms with van der Waals surface area (Å²) in [4.78, 5) is 65.2.